The van der Waals surface area contributed by atoms with Gasteiger partial charge in [-0.05, 0) is 46.7 Å². The van der Waals surface area contributed by atoms with Crippen LogP contribution in [0.5, 0.6) is 0 Å². The summed E-state index contributed by atoms with van der Waals surface area (Å²) in [5.74, 6) is 1.03. The Kier molecular flexibility index (Phi) is 5.34. The number of sulfonamides is 1. The molecule has 0 aliphatic heterocycles. The number of benzene rings is 1. The van der Waals surface area contributed by atoms with Crippen molar-refractivity contribution in [1.82, 2.24) is 4.72 Å². The molecule has 1 aliphatic carbocycles. The van der Waals surface area contributed by atoms with Gasteiger partial charge in [0.2, 0.25) is 10.0 Å². The molecule has 0 bridgehead atoms. The fraction of sp³-hybridized carbons (Fsp3) is 0.538. The molecule has 0 saturated heterocycles. The monoisotopic (exact) mass is 363 g/mol. The third kappa shape index (κ3) is 3.74. The normalized spacial score (nSPS) is 23.7. The summed E-state index contributed by atoms with van der Waals surface area (Å²) in [6.45, 7) is 2.11. The molecule has 2 atom stereocenters. The quantitative estimate of drug-likeness (QED) is 0.871. The summed E-state index contributed by atoms with van der Waals surface area (Å²) in [6, 6.07) is 6.99. The van der Waals surface area contributed by atoms with Crippen molar-refractivity contribution in [3.63, 3.8) is 0 Å². The highest BCUT2D eigenvalue weighted by Gasteiger charge is 2.31. The van der Waals surface area contributed by atoms with E-state index in [1.165, 1.54) is 0 Å². The lowest BCUT2D eigenvalue weighted by molar-refractivity contribution is 0.554. The molecule has 106 valence electrons. The number of hydrogen-bond acceptors (Lipinski definition) is 3. The van der Waals surface area contributed by atoms with Gasteiger partial charge in [-0.1, -0.05) is 25.5 Å². The molecule has 19 heavy (non-hydrogen) atoms. The highest BCUT2D eigenvalue weighted by atomic mass is 79.9. The molecule has 1 aromatic carbocycles. The van der Waals surface area contributed by atoms with E-state index in [1.807, 2.05) is 17.8 Å². The molecular formula is C13H18BrNO2S2. The van der Waals surface area contributed by atoms with Crippen LogP contribution >= 0.6 is 27.7 Å². The number of rotatable bonds is 5. The van der Waals surface area contributed by atoms with Crippen LogP contribution in [0, 0.1) is 0 Å². The average molecular weight is 364 g/mol. The van der Waals surface area contributed by atoms with E-state index in [4.69, 9.17) is 0 Å². The lowest BCUT2D eigenvalue weighted by Crippen LogP contribution is -2.38. The van der Waals surface area contributed by atoms with Crippen molar-refractivity contribution in [3.05, 3.63) is 28.7 Å². The summed E-state index contributed by atoms with van der Waals surface area (Å²) in [5, 5.41) is 0.405. The second-order valence-electron chi connectivity index (χ2n) is 4.58. The second kappa shape index (κ2) is 6.61. The van der Waals surface area contributed by atoms with Gasteiger partial charge in [-0.2, -0.15) is 11.8 Å². The first-order valence-corrected chi connectivity index (χ1v) is 9.75. The average Bonchev–Trinajstić information content (AvgIpc) is 2.77. The Balaban J connectivity index is 2.16. The van der Waals surface area contributed by atoms with E-state index >= 15 is 0 Å². The largest absolute Gasteiger partial charge is 0.241 e. The summed E-state index contributed by atoms with van der Waals surface area (Å²) in [7, 11) is -3.44. The van der Waals surface area contributed by atoms with Crippen molar-refractivity contribution >= 4 is 37.7 Å². The van der Waals surface area contributed by atoms with Crippen LogP contribution in [0.3, 0.4) is 0 Å². The van der Waals surface area contributed by atoms with Crippen LogP contribution in [0.2, 0.25) is 0 Å². The smallest absolute Gasteiger partial charge is 0.207 e. The molecule has 3 nitrogen and oxygen atoms in total. The molecule has 1 N–H and O–H groups in total. The van der Waals surface area contributed by atoms with E-state index < -0.39 is 10.0 Å². The van der Waals surface area contributed by atoms with Gasteiger partial charge < -0.3 is 0 Å². The van der Waals surface area contributed by atoms with Crippen molar-refractivity contribution in [2.24, 2.45) is 0 Å². The van der Waals surface area contributed by atoms with Crippen molar-refractivity contribution in [3.8, 4) is 0 Å². The number of nitrogens with one attached hydrogen (secondary N) is 1. The van der Waals surface area contributed by atoms with Gasteiger partial charge in [-0.15, -0.1) is 0 Å². The first kappa shape index (κ1) is 15.4. The lowest BCUT2D eigenvalue weighted by atomic mass is 10.3. The van der Waals surface area contributed by atoms with Crippen molar-refractivity contribution in [2.75, 3.05) is 5.75 Å². The zero-order chi connectivity index (χ0) is 13.9. The second-order valence-corrected chi connectivity index (χ2v) is 8.64. The number of hydrogen-bond donors (Lipinski definition) is 1. The molecule has 0 aromatic heterocycles. The SMILES string of the molecule is CCSC1CCCC1NS(=O)(=O)c1ccccc1Br. The molecule has 1 aromatic rings. The Morgan fingerprint density at radius 3 is 2.79 bits per heavy atom. The highest BCUT2D eigenvalue weighted by Crippen LogP contribution is 2.31. The van der Waals surface area contributed by atoms with Gasteiger partial charge in [0.1, 0.15) is 0 Å². The molecule has 6 heteroatoms. The highest BCUT2D eigenvalue weighted by molar-refractivity contribution is 9.10. The van der Waals surface area contributed by atoms with Crippen LogP contribution in [0.1, 0.15) is 26.2 Å². The van der Waals surface area contributed by atoms with E-state index in [0.717, 1.165) is 25.0 Å². The van der Waals surface area contributed by atoms with E-state index in [2.05, 4.69) is 27.6 Å². The zero-order valence-electron chi connectivity index (χ0n) is 10.8. The minimum atomic E-state index is -3.44. The Bertz CT molecular complexity index is 533. The summed E-state index contributed by atoms with van der Waals surface area (Å²) in [4.78, 5) is 0.321. The van der Waals surface area contributed by atoms with Gasteiger partial charge in [0.15, 0.2) is 0 Å². The van der Waals surface area contributed by atoms with Crippen LogP contribution in [-0.2, 0) is 10.0 Å². The Labute approximate surface area is 127 Å². The third-order valence-electron chi connectivity index (χ3n) is 3.27. The Morgan fingerprint density at radius 1 is 1.37 bits per heavy atom. The van der Waals surface area contributed by atoms with Gasteiger partial charge in [-0.3, -0.25) is 0 Å². The first-order valence-electron chi connectivity index (χ1n) is 6.43. The van der Waals surface area contributed by atoms with Crippen LogP contribution in [0.15, 0.2) is 33.6 Å². The number of thioether (sulfide) groups is 1. The van der Waals surface area contributed by atoms with Gasteiger partial charge >= 0.3 is 0 Å². The molecule has 0 spiro atoms. The standard InChI is InChI=1S/C13H18BrNO2S2/c1-2-18-12-8-5-7-11(12)15-19(16,17)13-9-4-3-6-10(13)14/h3-4,6,9,11-12,15H,2,5,7-8H2,1H3. The molecular weight excluding hydrogens is 346 g/mol. The van der Waals surface area contributed by atoms with Crippen molar-refractivity contribution < 1.29 is 8.42 Å². The molecule has 1 aliphatic rings. The van der Waals surface area contributed by atoms with Crippen LogP contribution < -0.4 is 4.72 Å². The van der Waals surface area contributed by atoms with E-state index in [0.29, 0.717) is 14.6 Å². The summed E-state index contributed by atoms with van der Waals surface area (Å²) in [6.07, 6.45) is 3.13. The van der Waals surface area contributed by atoms with Gasteiger partial charge in [0, 0.05) is 15.8 Å². The Morgan fingerprint density at radius 2 is 2.11 bits per heavy atom. The fourth-order valence-electron chi connectivity index (χ4n) is 2.40. The van der Waals surface area contributed by atoms with Crippen LogP contribution in [-0.4, -0.2) is 25.5 Å². The predicted molar refractivity (Wildman–Crippen MR) is 84.0 cm³/mol. The minimum Gasteiger partial charge on any atom is -0.207 e. The summed E-state index contributed by atoms with van der Waals surface area (Å²) in [5.41, 5.74) is 0. The van der Waals surface area contributed by atoms with Crippen molar-refractivity contribution in [2.45, 2.75) is 42.4 Å². The molecule has 2 unspecified atom stereocenters. The minimum absolute atomic E-state index is 0.0575. The maximum absolute atomic E-state index is 12.4. The molecule has 0 radical (unpaired) electrons. The molecule has 1 fully saturated rings. The van der Waals surface area contributed by atoms with Crippen molar-refractivity contribution in [1.29, 1.82) is 0 Å². The van der Waals surface area contributed by atoms with E-state index in [9.17, 15) is 8.42 Å². The maximum atomic E-state index is 12.4. The maximum Gasteiger partial charge on any atom is 0.241 e. The predicted octanol–water partition coefficient (Wildman–Crippen LogP) is 3.40. The van der Waals surface area contributed by atoms with E-state index in [-0.39, 0.29) is 6.04 Å². The van der Waals surface area contributed by atoms with Gasteiger partial charge in [0.05, 0.1) is 4.90 Å². The Hall–Kier alpha value is -0.0400. The summed E-state index contributed by atoms with van der Waals surface area (Å²) >= 11 is 5.15. The third-order valence-corrected chi connectivity index (χ3v) is 7.09. The summed E-state index contributed by atoms with van der Waals surface area (Å²) < 4.78 is 28.3. The number of halogens is 1. The van der Waals surface area contributed by atoms with Crippen LogP contribution in [0.4, 0.5) is 0 Å². The topological polar surface area (TPSA) is 46.2 Å². The fourth-order valence-corrected chi connectivity index (χ4v) is 6.00. The first-order chi connectivity index (χ1) is 9.04. The van der Waals surface area contributed by atoms with Gasteiger partial charge in [0.25, 0.3) is 0 Å². The van der Waals surface area contributed by atoms with E-state index in [1.54, 1.807) is 18.2 Å². The molecule has 1 saturated carbocycles. The molecule has 0 amide bonds. The molecule has 0 heterocycles. The molecule has 2 rings (SSSR count). The lowest BCUT2D eigenvalue weighted by Gasteiger charge is -2.20. The van der Waals surface area contributed by atoms with Gasteiger partial charge in [-0.25, -0.2) is 13.1 Å². The van der Waals surface area contributed by atoms with Crippen LogP contribution in [0.25, 0.3) is 0 Å². The zero-order valence-corrected chi connectivity index (χ0v) is 14.0.